The number of rotatable bonds is 6. The molecule has 2 N–H and O–H groups in total. The molecule has 110 valence electrons. The first-order valence-corrected chi connectivity index (χ1v) is 8.60. The lowest BCUT2D eigenvalue weighted by atomic mass is 9.85. The third-order valence-electron chi connectivity index (χ3n) is 4.63. The maximum Gasteiger partial charge on any atom is 0.174 e. The van der Waals surface area contributed by atoms with E-state index in [1.165, 1.54) is 42.7 Å². The Morgan fingerprint density at radius 3 is 2.55 bits per heavy atom. The monoisotopic (exact) mass is 292 g/mol. The average Bonchev–Trinajstić information content (AvgIpc) is 3.16. The van der Waals surface area contributed by atoms with Crippen LogP contribution in [0.1, 0.15) is 66.6 Å². The van der Waals surface area contributed by atoms with Gasteiger partial charge in [-0.25, -0.2) is 0 Å². The molecule has 0 amide bonds. The number of ketones is 1. The van der Waals surface area contributed by atoms with Gasteiger partial charge in [0.1, 0.15) is 0 Å². The Balaban J connectivity index is 1.89. The zero-order valence-electron chi connectivity index (χ0n) is 12.4. The molecule has 0 radical (unpaired) electrons. The Morgan fingerprint density at radius 2 is 2.05 bits per heavy atom. The minimum Gasteiger partial charge on any atom is -0.397 e. The quantitative estimate of drug-likeness (QED) is 0.805. The highest BCUT2D eigenvalue weighted by Gasteiger charge is 2.34. The number of hydrogen-bond acceptors (Lipinski definition) is 4. The summed E-state index contributed by atoms with van der Waals surface area (Å²) < 4.78 is 0. The summed E-state index contributed by atoms with van der Waals surface area (Å²) in [7, 11) is 2.16. The fourth-order valence-electron chi connectivity index (χ4n) is 3.01. The molecule has 1 aromatic rings. The lowest BCUT2D eigenvalue weighted by molar-refractivity contribution is 0.0993. The van der Waals surface area contributed by atoms with E-state index in [1.54, 1.807) is 11.3 Å². The van der Waals surface area contributed by atoms with Crippen molar-refractivity contribution < 1.29 is 4.79 Å². The molecule has 2 fully saturated rings. The van der Waals surface area contributed by atoms with Gasteiger partial charge in [-0.1, -0.05) is 13.3 Å². The van der Waals surface area contributed by atoms with E-state index in [0.717, 1.165) is 23.0 Å². The zero-order valence-corrected chi connectivity index (χ0v) is 13.3. The van der Waals surface area contributed by atoms with Gasteiger partial charge in [0.25, 0.3) is 0 Å². The zero-order chi connectivity index (χ0) is 14.3. The second-order valence-corrected chi connectivity index (χ2v) is 7.29. The van der Waals surface area contributed by atoms with Crippen LogP contribution in [0.5, 0.6) is 0 Å². The van der Waals surface area contributed by atoms with E-state index in [0.29, 0.717) is 12.3 Å². The molecule has 2 aliphatic carbocycles. The van der Waals surface area contributed by atoms with Gasteiger partial charge in [-0.2, -0.15) is 0 Å². The predicted octanol–water partition coefficient (Wildman–Crippen LogP) is 4.04. The molecule has 2 saturated carbocycles. The van der Waals surface area contributed by atoms with E-state index in [4.69, 9.17) is 5.73 Å². The highest BCUT2D eigenvalue weighted by molar-refractivity contribution is 7.18. The lowest BCUT2D eigenvalue weighted by Crippen LogP contribution is -2.29. The highest BCUT2D eigenvalue weighted by atomic mass is 32.1. The van der Waals surface area contributed by atoms with E-state index in [9.17, 15) is 4.79 Å². The van der Waals surface area contributed by atoms with Gasteiger partial charge in [-0.3, -0.25) is 4.79 Å². The second kappa shape index (κ2) is 5.40. The van der Waals surface area contributed by atoms with E-state index in [1.807, 2.05) is 6.92 Å². The van der Waals surface area contributed by atoms with Crippen LogP contribution in [0.25, 0.3) is 0 Å². The molecule has 2 aliphatic rings. The predicted molar refractivity (Wildman–Crippen MR) is 85.9 cm³/mol. The van der Waals surface area contributed by atoms with Crippen molar-refractivity contribution in [3.05, 3.63) is 10.4 Å². The molecular weight excluding hydrogens is 268 g/mol. The van der Waals surface area contributed by atoms with E-state index in [-0.39, 0.29) is 5.78 Å². The number of thiophene rings is 1. The molecule has 1 aromatic heterocycles. The summed E-state index contributed by atoms with van der Waals surface area (Å²) in [4.78, 5) is 15.2. The summed E-state index contributed by atoms with van der Waals surface area (Å²) in [6.45, 7) is 3.02. The van der Waals surface area contributed by atoms with Crippen molar-refractivity contribution in [1.82, 2.24) is 0 Å². The number of hydrogen-bond donors (Lipinski definition) is 1. The van der Waals surface area contributed by atoms with Crippen molar-refractivity contribution in [1.29, 1.82) is 0 Å². The first-order chi connectivity index (χ1) is 9.61. The molecule has 0 bridgehead atoms. The SMILES string of the molecule is CCC(=O)c1sc(N(C)CC2CCC2)c(C2CC2)c1N. The van der Waals surface area contributed by atoms with Gasteiger partial charge in [0, 0.05) is 25.6 Å². The van der Waals surface area contributed by atoms with Crippen molar-refractivity contribution in [3.8, 4) is 0 Å². The van der Waals surface area contributed by atoms with Crippen LogP contribution in [0.15, 0.2) is 0 Å². The molecule has 0 aromatic carbocycles. The smallest absolute Gasteiger partial charge is 0.174 e. The van der Waals surface area contributed by atoms with Crippen LogP contribution in [-0.4, -0.2) is 19.4 Å². The molecule has 0 atom stereocenters. The molecular formula is C16H24N2OS. The normalized spacial score (nSPS) is 18.9. The lowest BCUT2D eigenvalue weighted by Gasteiger charge is -2.31. The standard InChI is InChI=1S/C16H24N2OS/c1-3-12(19)15-14(17)13(11-7-8-11)16(20-15)18(2)9-10-5-4-6-10/h10-11H,3-9,17H2,1-2H3. The van der Waals surface area contributed by atoms with Crippen molar-refractivity contribution in [3.63, 3.8) is 0 Å². The fraction of sp³-hybridized carbons (Fsp3) is 0.688. The van der Waals surface area contributed by atoms with Crippen molar-refractivity contribution in [2.45, 2.75) is 51.4 Å². The van der Waals surface area contributed by atoms with Gasteiger partial charge >= 0.3 is 0 Å². The summed E-state index contributed by atoms with van der Waals surface area (Å²) in [5.41, 5.74) is 8.35. The number of nitrogen functional groups attached to an aromatic ring is 1. The van der Waals surface area contributed by atoms with Gasteiger partial charge < -0.3 is 10.6 Å². The van der Waals surface area contributed by atoms with Gasteiger partial charge in [0.05, 0.1) is 15.6 Å². The number of carbonyl (C=O) groups is 1. The molecule has 3 nitrogen and oxygen atoms in total. The van der Waals surface area contributed by atoms with E-state index >= 15 is 0 Å². The third kappa shape index (κ3) is 2.46. The summed E-state index contributed by atoms with van der Waals surface area (Å²) >= 11 is 1.62. The Labute approximate surface area is 125 Å². The Bertz CT molecular complexity index is 515. The van der Waals surface area contributed by atoms with Crippen LogP contribution in [0.4, 0.5) is 10.7 Å². The summed E-state index contributed by atoms with van der Waals surface area (Å²) in [6.07, 6.45) is 7.08. The molecule has 0 aliphatic heterocycles. The van der Waals surface area contributed by atoms with Crippen LogP contribution in [0, 0.1) is 5.92 Å². The number of nitrogens with two attached hydrogens (primary N) is 1. The third-order valence-corrected chi connectivity index (χ3v) is 6.00. The largest absolute Gasteiger partial charge is 0.397 e. The topological polar surface area (TPSA) is 46.3 Å². The van der Waals surface area contributed by atoms with E-state index < -0.39 is 0 Å². The number of nitrogens with zero attached hydrogens (tertiary/aromatic N) is 1. The number of Topliss-reactive ketones (excluding diaryl/α,β-unsaturated/α-hetero) is 1. The Kier molecular flexibility index (Phi) is 3.76. The van der Waals surface area contributed by atoms with Crippen molar-refractivity contribution in [2.75, 3.05) is 24.2 Å². The maximum atomic E-state index is 12.1. The highest BCUT2D eigenvalue weighted by Crippen LogP contribution is 2.52. The number of carbonyl (C=O) groups excluding carboxylic acids is 1. The molecule has 20 heavy (non-hydrogen) atoms. The van der Waals surface area contributed by atoms with Crippen LogP contribution in [0.2, 0.25) is 0 Å². The Hall–Kier alpha value is -1.03. The number of anilines is 2. The van der Waals surface area contributed by atoms with Gasteiger partial charge in [-0.15, -0.1) is 11.3 Å². The first-order valence-electron chi connectivity index (χ1n) is 7.78. The first kappa shape index (κ1) is 13.9. The molecule has 1 heterocycles. The van der Waals surface area contributed by atoms with Crippen LogP contribution in [-0.2, 0) is 0 Å². The minimum atomic E-state index is 0.192. The molecule has 0 spiro atoms. The maximum absolute atomic E-state index is 12.1. The summed E-state index contributed by atoms with van der Waals surface area (Å²) in [6, 6.07) is 0. The molecule has 3 rings (SSSR count). The Morgan fingerprint density at radius 1 is 1.35 bits per heavy atom. The minimum absolute atomic E-state index is 0.192. The van der Waals surface area contributed by atoms with Crippen LogP contribution in [0.3, 0.4) is 0 Å². The second-order valence-electron chi connectivity index (χ2n) is 6.29. The summed E-state index contributed by atoms with van der Waals surface area (Å²) in [5, 5.41) is 1.26. The average molecular weight is 292 g/mol. The van der Waals surface area contributed by atoms with Crippen molar-refractivity contribution in [2.24, 2.45) is 5.92 Å². The fourth-order valence-corrected chi connectivity index (χ4v) is 4.30. The van der Waals surface area contributed by atoms with Gasteiger partial charge in [0.2, 0.25) is 0 Å². The molecule has 4 heteroatoms. The molecule has 0 unspecified atom stereocenters. The van der Waals surface area contributed by atoms with E-state index in [2.05, 4.69) is 11.9 Å². The van der Waals surface area contributed by atoms with Crippen LogP contribution < -0.4 is 10.6 Å². The summed E-state index contributed by atoms with van der Waals surface area (Å²) in [5.74, 6) is 1.63. The van der Waals surface area contributed by atoms with Crippen molar-refractivity contribution >= 4 is 27.8 Å². The van der Waals surface area contributed by atoms with Gasteiger partial charge in [-0.05, 0) is 37.5 Å². The van der Waals surface area contributed by atoms with Crippen LogP contribution >= 0.6 is 11.3 Å². The van der Waals surface area contributed by atoms with Gasteiger partial charge in [0.15, 0.2) is 5.78 Å². The molecule has 0 saturated heterocycles.